The van der Waals surface area contributed by atoms with E-state index >= 15 is 0 Å². The highest BCUT2D eigenvalue weighted by Gasteiger charge is 2.13. The number of nitrogens with one attached hydrogen (secondary N) is 1. The number of hydrogen-bond acceptors (Lipinski definition) is 6. The van der Waals surface area contributed by atoms with Gasteiger partial charge in [0.05, 0.1) is 19.5 Å². The first-order valence-electron chi connectivity index (χ1n) is 8.40. The Balaban J connectivity index is 1.76. The van der Waals surface area contributed by atoms with Crippen LogP contribution >= 0.6 is 11.6 Å². The molecule has 1 aromatic heterocycles. The van der Waals surface area contributed by atoms with Crippen molar-refractivity contribution in [3.63, 3.8) is 0 Å². The number of carbonyl (C=O) groups excluding carboxylic acids is 1. The van der Waals surface area contributed by atoms with Gasteiger partial charge in [-0.15, -0.1) is 0 Å². The van der Waals surface area contributed by atoms with E-state index in [9.17, 15) is 9.18 Å². The standard InChI is InChI=1S/C20H16ClFN4O3/c1-12-4-3-5-14(8-12)18(27)26-24-10-13-6-7-16(28-2)17(9-13)29-19-15(22)11-23-20(21)25-19/h3-11H,1-2H3,(H,26,27)/b24-10+. The Hall–Kier alpha value is -3.52. The van der Waals surface area contributed by atoms with Gasteiger partial charge in [0.1, 0.15) is 0 Å². The second-order valence-corrected chi connectivity index (χ2v) is 6.21. The summed E-state index contributed by atoms with van der Waals surface area (Å²) in [6, 6.07) is 12.0. The number of benzene rings is 2. The third kappa shape index (κ3) is 5.26. The van der Waals surface area contributed by atoms with E-state index in [-0.39, 0.29) is 22.8 Å². The first-order chi connectivity index (χ1) is 14.0. The molecule has 0 saturated heterocycles. The number of hydrogen-bond donors (Lipinski definition) is 1. The third-order valence-corrected chi connectivity index (χ3v) is 3.92. The van der Waals surface area contributed by atoms with Gasteiger partial charge in [0, 0.05) is 5.56 Å². The van der Waals surface area contributed by atoms with E-state index in [1.807, 2.05) is 13.0 Å². The second-order valence-electron chi connectivity index (χ2n) is 5.87. The van der Waals surface area contributed by atoms with Crippen molar-refractivity contribution in [2.24, 2.45) is 5.10 Å². The fourth-order valence-electron chi connectivity index (χ4n) is 2.38. The molecule has 1 heterocycles. The molecule has 1 N–H and O–H groups in total. The molecule has 0 spiro atoms. The highest BCUT2D eigenvalue weighted by atomic mass is 35.5. The van der Waals surface area contributed by atoms with Crippen LogP contribution in [0.2, 0.25) is 5.28 Å². The van der Waals surface area contributed by atoms with Crippen LogP contribution in [-0.4, -0.2) is 29.2 Å². The molecule has 1 amide bonds. The normalized spacial score (nSPS) is 10.8. The first kappa shape index (κ1) is 20.2. The van der Waals surface area contributed by atoms with Crippen LogP contribution in [0.1, 0.15) is 21.5 Å². The lowest BCUT2D eigenvalue weighted by molar-refractivity contribution is 0.0955. The predicted octanol–water partition coefficient (Wildman–Crippen LogP) is 4.14. The SMILES string of the molecule is COc1ccc(/C=N/NC(=O)c2cccc(C)c2)cc1Oc1nc(Cl)ncc1F. The van der Waals surface area contributed by atoms with Gasteiger partial charge >= 0.3 is 0 Å². The number of rotatable bonds is 6. The predicted molar refractivity (Wildman–Crippen MR) is 106 cm³/mol. The molecule has 148 valence electrons. The molecule has 2 aromatic carbocycles. The maximum atomic E-state index is 13.8. The number of ether oxygens (including phenoxy) is 2. The van der Waals surface area contributed by atoms with Crippen molar-refractivity contribution in [1.82, 2.24) is 15.4 Å². The van der Waals surface area contributed by atoms with Crippen molar-refractivity contribution >= 4 is 23.7 Å². The summed E-state index contributed by atoms with van der Waals surface area (Å²) < 4.78 is 24.5. The van der Waals surface area contributed by atoms with Crippen molar-refractivity contribution in [3.8, 4) is 17.4 Å². The molecule has 29 heavy (non-hydrogen) atoms. The van der Waals surface area contributed by atoms with Crippen LogP contribution in [-0.2, 0) is 0 Å². The zero-order valence-corrected chi connectivity index (χ0v) is 16.3. The summed E-state index contributed by atoms with van der Waals surface area (Å²) in [7, 11) is 1.45. The minimum absolute atomic E-state index is 0.156. The summed E-state index contributed by atoms with van der Waals surface area (Å²) >= 11 is 5.68. The van der Waals surface area contributed by atoms with Crippen molar-refractivity contribution in [3.05, 3.63) is 76.5 Å². The molecule has 0 atom stereocenters. The maximum absolute atomic E-state index is 13.8. The number of hydrazone groups is 1. The lowest BCUT2D eigenvalue weighted by Gasteiger charge is -2.10. The van der Waals surface area contributed by atoms with Gasteiger partial charge < -0.3 is 9.47 Å². The van der Waals surface area contributed by atoms with Gasteiger partial charge in [-0.25, -0.2) is 10.4 Å². The van der Waals surface area contributed by atoms with Gasteiger partial charge in [-0.3, -0.25) is 4.79 Å². The van der Waals surface area contributed by atoms with Gasteiger partial charge in [-0.1, -0.05) is 17.7 Å². The molecule has 0 saturated carbocycles. The van der Waals surface area contributed by atoms with Crippen LogP contribution < -0.4 is 14.9 Å². The van der Waals surface area contributed by atoms with Crippen LogP contribution in [0, 0.1) is 12.7 Å². The van der Waals surface area contributed by atoms with Crippen LogP contribution in [0.5, 0.6) is 17.4 Å². The van der Waals surface area contributed by atoms with E-state index in [0.29, 0.717) is 16.9 Å². The van der Waals surface area contributed by atoms with Gasteiger partial charge in [-0.05, 0) is 54.4 Å². The molecular weight excluding hydrogens is 399 g/mol. The monoisotopic (exact) mass is 414 g/mol. The van der Waals surface area contributed by atoms with Crippen LogP contribution in [0.15, 0.2) is 53.8 Å². The molecule has 0 aliphatic carbocycles. The number of nitrogens with zero attached hydrogens (tertiary/aromatic N) is 3. The Morgan fingerprint density at radius 3 is 2.83 bits per heavy atom. The summed E-state index contributed by atoms with van der Waals surface area (Å²) in [6.07, 6.45) is 2.33. The van der Waals surface area contributed by atoms with E-state index in [0.717, 1.165) is 11.8 Å². The molecule has 0 fully saturated rings. The Morgan fingerprint density at radius 1 is 1.24 bits per heavy atom. The lowest BCUT2D eigenvalue weighted by atomic mass is 10.1. The molecular formula is C20H16ClFN4O3. The number of amides is 1. The Kier molecular flexibility index (Phi) is 6.36. The minimum Gasteiger partial charge on any atom is -0.493 e. The average molecular weight is 415 g/mol. The van der Waals surface area contributed by atoms with Gasteiger partial charge in [0.2, 0.25) is 11.1 Å². The molecule has 3 aromatic rings. The second kappa shape index (κ2) is 9.11. The summed E-state index contributed by atoms with van der Waals surface area (Å²) in [5, 5.41) is 3.79. The maximum Gasteiger partial charge on any atom is 0.271 e. The van der Waals surface area contributed by atoms with Crippen molar-refractivity contribution in [2.75, 3.05) is 7.11 Å². The summed E-state index contributed by atoms with van der Waals surface area (Å²) in [4.78, 5) is 19.4. The smallest absolute Gasteiger partial charge is 0.271 e. The van der Waals surface area contributed by atoms with E-state index in [1.165, 1.54) is 13.3 Å². The molecule has 0 aliphatic heterocycles. The molecule has 0 bridgehead atoms. The fourth-order valence-corrected chi connectivity index (χ4v) is 2.50. The van der Waals surface area contributed by atoms with E-state index in [2.05, 4.69) is 20.5 Å². The number of aryl methyl sites for hydroxylation is 1. The molecule has 0 unspecified atom stereocenters. The minimum atomic E-state index is -0.777. The number of halogens is 2. The quantitative estimate of drug-likeness (QED) is 0.372. The van der Waals surface area contributed by atoms with Crippen molar-refractivity contribution < 1.29 is 18.7 Å². The number of carbonyl (C=O) groups is 1. The lowest BCUT2D eigenvalue weighted by Crippen LogP contribution is -2.17. The fraction of sp³-hybridized carbons (Fsp3) is 0.100. The van der Waals surface area contributed by atoms with Gasteiger partial charge in [0.25, 0.3) is 11.8 Å². The Morgan fingerprint density at radius 2 is 2.07 bits per heavy atom. The zero-order valence-electron chi connectivity index (χ0n) is 15.5. The number of methoxy groups -OCH3 is 1. The molecule has 3 rings (SSSR count). The van der Waals surface area contributed by atoms with E-state index in [1.54, 1.807) is 36.4 Å². The highest BCUT2D eigenvalue weighted by Crippen LogP contribution is 2.32. The largest absolute Gasteiger partial charge is 0.493 e. The summed E-state index contributed by atoms with van der Waals surface area (Å²) in [6.45, 7) is 1.90. The van der Waals surface area contributed by atoms with Crippen LogP contribution in [0.3, 0.4) is 0 Å². The van der Waals surface area contributed by atoms with Crippen molar-refractivity contribution in [2.45, 2.75) is 6.92 Å². The Bertz CT molecular complexity index is 1080. The topological polar surface area (TPSA) is 85.7 Å². The first-order valence-corrected chi connectivity index (χ1v) is 8.78. The molecule has 9 heteroatoms. The molecule has 0 aliphatic rings. The van der Waals surface area contributed by atoms with Gasteiger partial charge in [-0.2, -0.15) is 14.5 Å². The van der Waals surface area contributed by atoms with E-state index < -0.39 is 5.82 Å². The van der Waals surface area contributed by atoms with Gasteiger partial charge in [0.15, 0.2) is 11.5 Å². The van der Waals surface area contributed by atoms with E-state index in [4.69, 9.17) is 21.1 Å². The van der Waals surface area contributed by atoms with Crippen LogP contribution in [0.25, 0.3) is 0 Å². The molecule has 7 nitrogen and oxygen atoms in total. The van der Waals surface area contributed by atoms with Crippen LogP contribution in [0.4, 0.5) is 4.39 Å². The average Bonchev–Trinajstić information content (AvgIpc) is 2.71. The highest BCUT2D eigenvalue weighted by molar-refractivity contribution is 6.28. The third-order valence-electron chi connectivity index (χ3n) is 3.74. The summed E-state index contributed by atoms with van der Waals surface area (Å²) in [5.74, 6) is -0.922. The van der Waals surface area contributed by atoms with Crippen molar-refractivity contribution in [1.29, 1.82) is 0 Å². The molecule has 0 radical (unpaired) electrons. The number of aromatic nitrogens is 2. The zero-order chi connectivity index (χ0) is 20.8. The summed E-state index contributed by atoms with van der Waals surface area (Å²) in [5.41, 5.74) is 4.49. The Labute approximate surface area is 171 Å².